The number of hydrogen-bond acceptors (Lipinski definition) is 9. The van der Waals surface area contributed by atoms with Gasteiger partial charge in [-0.3, -0.25) is 24.5 Å². The fourth-order valence-corrected chi connectivity index (χ4v) is 4.54. The Morgan fingerprint density at radius 3 is 1.84 bits per heavy atom. The van der Waals surface area contributed by atoms with Crippen LogP contribution in [0.2, 0.25) is 0 Å². The van der Waals surface area contributed by atoms with Crippen LogP contribution in [0.5, 0.6) is 0 Å². The number of aryl methyl sites for hydroxylation is 1. The zero-order valence-electron chi connectivity index (χ0n) is 30.5. The predicted molar refractivity (Wildman–Crippen MR) is 200 cm³/mol. The zero-order valence-corrected chi connectivity index (χ0v) is 30.5. The Bertz CT molecular complexity index is 1540. The molecule has 0 aliphatic rings. The van der Waals surface area contributed by atoms with E-state index in [1.54, 1.807) is 17.8 Å². The Labute approximate surface area is 301 Å². The van der Waals surface area contributed by atoms with Crippen molar-refractivity contribution < 1.29 is 28.7 Å². The van der Waals surface area contributed by atoms with E-state index in [9.17, 15) is 19.2 Å². The lowest BCUT2D eigenvalue weighted by molar-refractivity contribution is -0.146. The Morgan fingerprint density at radius 1 is 0.784 bits per heavy atom. The van der Waals surface area contributed by atoms with E-state index in [4.69, 9.17) is 9.47 Å². The average molecular weight is 703 g/mol. The molecule has 12 nitrogen and oxygen atoms in total. The third kappa shape index (κ3) is 19.6. The summed E-state index contributed by atoms with van der Waals surface area (Å²) in [6.07, 6.45) is 35.7. The number of anilines is 1. The Balaban J connectivity index is 1.69. The van der Waals surface area contributed by atoms with Gasteiger partial charge in [-0.05, 0) is 58.3 Å². The highest BCUT2D eigenvalue weighted by Crippen LogP contribution is 2.15. The van der Waals surface area contributed by atoms with Gasteiger partial charge in [-0.1, -0.05) is 79.8 Å². The van der Waals surface area contributed by atoms with Crippen molar-refractivity contribution in [3.63, 3.8) is 0 Å². The number of amides is 2. The van der Waals surface area contributed by atoms with Gasteiger partial charge in [0.15, 0.2) is 5.65 Å². The molecule has 276 valence electrons. The molecule has 2 rings (SSSR count). The van der Waals surface area contributed by atoms with E-state index in [0.717, 1.165) is 38.5 Å². The third-order valence-electron chi connectivity index (χ3n) is 7.32. The number of hydrogen-bond donors (Lipinski definition) is 2. The zero-order chi connectivity index (χ0) is 37.1. The van der Waals surface area contributed by atoms with Gasteiger partial charge in [-0.15, -0.1) is 0 Å². The molecule has 0 radical (unpaired) electrons. The van der Waals surface area contributed by atoms with Crippen molar-refractivity contribution in [3.05, 3.63) is 85.4 Å². The molecular formula is C39H54N6O6. The van der Waals surface area contributed by atoms with Crippen LogP contribution in [-0.4, -0.2) is 62.5 Å². The van der Waals surface area contributed by atoms with E-state index in [1.165, 1.54) is 20.0 Å². The number of ether oxygens (including phenoxy) is 2. The maximum absolute atomic E-state index is 12.8. The Morgan fingerprint density at radius 2 is 1.31 bits per heavy atom. The topological polar surface area (TPSA) is 154 Å². The summed E-state index contributed by atoms with van der Waals surface area (Å²) in [7, 11) is 0. The highest BCUT2D eigenvalue weighted by Gasteiger charge is 2.18. The monoisotopic (exact) mass is 702 g/mol. The molecule has 2 aromatic rings. The molecule has 1 atom stereocenters. The summed E-state index contributed by atoms with van der Waals surface area (Å²) in [5.74, 6) is -1.67. The number of nitrogens with zero attached hydrogens (tertiary/aromatic N) is 4. The number of carbonyl (C=O) groups is 4. The van der Waals surface area contributed by atoms with Gasteiger partial charge in [0, 0.05) is 32.7 Å². The van der Waals surface area contributed by atoms with E-state index >= 15 is 0 Å². The van der Waals surface area contributed by atoms with E-state index in [2.05, 4.69) is 93.3 Å². The van der Waals surface area contributed by atoms with Gasteiger partial charge in [-0.25, -0.2) is 9.97 Å². The summed E-state index contributed by atoms with van der Waals surface area (Å²) in [6.45, 7) is 7.03. The number of imidazole rings is 1. The molecule has 2 N–H and O–H groups in total. The molecule has 51 heavy (non-hydrogen) atoms. The van der Waals surface area contributed by atoms with Crippen molar-refractivity contribution in [2.75, 3.05) is 18.5 Å². The predicted octanol–water partition coefficient (Wildman–Crippen LogP) is 6.88. The van der Waals surface area contributed by atoms with E-state index in [1.807, 2.05) is 12.2 Å². The van der Waals surface area contributed by atoms with Gasteiger partial charge >= 0.3 is 11.9 Å². The van der Waals surface area contributed by atoms with Crippen molar-refractivity contribution in [2.45, 2.75) is 98.1 Å². The summed E-state index contributed by atoms with van der Waals surface area (Å²) >= 11 is 0. The standard InChI is InChI=1S/C39H54N6O6/c1-5-6-7-8-9-10-11-12-13-14-15-16-17-18-19-20-21-22-23-24-36(48)42-31(2)38(49)44-39-40-27-35-37(43-39)45(30-41-35)26-25-34(28-50-32(3)46)29-51-33(4)47/h6-7,9-10,12-13,15-16,18-19,21-22,27,30-31,34H,5,8,11,14,17,20,23-26,28-29H2,1-4H3,(H,42,48)(H,40,43,44,49)/t31-/m0/s1. The van der Waals surface area contributed by atoms with Gasteiger partial charge < -0.3 is 19.4 Å². The van der Waals surface area contributed by atoms with Crippen LogP contribution in [-0.2, 0) is 35.2 Å². The minimum atomic E-state index is -0.796. The maximum atomic E-state index is 12.8. The number of nitrogens with one attached hydrogen (secondary N) is 2. The molecule has 2 aromatic heterocycles. The van der Waals surface area contributed by atoms with Crippen LogP contribution < -0.4 is 10.6 Å². The van der Waals surface area contributed by atoms with Crippen molar-refractivity contribution in [2.24, 2.45) is 5.92 Å². The summed E-state index contributed by atoms with van der Waals surface area (Å²) < 4.78 is 12.0. The first-order valence-corrected chi connectivity index (χ1v) is 17.6. The fourth-order valence-electron chi connectivity index (χ4n) is 4.54. The second kappa shape index (κ2) is 25.8. The van der Waals surface area contributed by atoms with Crippen molar-refractivity contribution in [1.82, 2.24) is 24.8 Å². The van der Waals surface area contributed by atoms with Crippen molar-refractivity contribution in [1.29, 1.82) is 0 Å². The SMILES string of the molecule is CCC=CCC=CCC=CCC=CCC=CCC=CCCC(=O)N[C@@H](C)C(=O)Nc1ncc2ncn(CCC(COC(C)=O)COC(C)=O)c2n1. The number of aromatic nitrogens is 4. The smallest absolute Gasteiger partial charge is 0.302 e. The fraction of sp³-hybridized carbons (Fsp3) is 0.462. The number of rotatable bonds is 24. The van der Waals surface area contributed by atoms with E-state index in [0.29, 0.717) is 30.6 Å². The lowest BCUT2D eigenvalue weighted by Crippen LogP contribution is -2.41. The minimum absolute atomic E-state index is 0.0738. The maximum Gasteiger partial charge on any atom is 0.302 e. The first-order valence-electron chi connectivity index (χ1n) is 17.6. The summed E-state index contributed by atoms with van der Waals surface area (Å²) in [4.78, 5) is 60.7. The van der Waals surface area contributed by atoms with Gasteiger partial charge in [0.05, 0.1) is 25.7 Å². The summed E-state index contributed by atoms with van der Waals surface area (Å²) in [6, 6.07) is -0.796. The normalized spacial score (nSPS) is 12.8. The number of allylic oxidation sites excluding steroid dienone is 12. The Kier molecular flexibility index (Phi) is 21.3. The lowest BCUT2D eigenvalue weighted by atomic mass is 10.1. The molecule has 12 heteroatoms. The van der Waals surface area contributed by atoms with Crippen LogP contribution in [0, 0.1) is 5.92 Å². The number of carbonyl (C=O) groups excluding carboxylic acids is 4. The van der Waals surface area contributed by atoms with Gasteiger partial charge in [0.25, 0.3) is 0 Å². The first-order chi connectivity index (χ1) is 24.7. The second-order valence-electron chi connectivity index (χ2n) is 11.8. The van der Waals surface area contributed by atoms with Gasteiger partial charge in [-0.2, -0.15) is 4.98 Å². The van der Waals surface area contributed by atoms with Crippen molar-refractivity contribution in [3.8, 4) is 0 Å². The molecular weight excluding hydrogens is 648 g/mol. The molecule has 0 aliphatic heterocycles. The van der Waals surface area contributed by atoms with Crippen molar-refractivity contribution >= 4 is 40.9 Å². The van der Waals surface area contributed by atoms with Crippen LogP contribution in [0.4, 0.5) is 5.95 Å². The van der Waals surface area contributed by atoms with Crippen LogP contribution in [0.15, 0.2) is 85.4 Å². The molecule has 0 aromatic carbocycles. The molecule has 0 fully saturated rings. The molecule has 2 amide bonds. The second-order valence-corrected chi connectivity index (χ2v) is 11.8. The third-order valence-corrected chi connectivity index (χ3v) is 7.32. The lowest BCUT2D eigenvalue weighted by Gasteiger charge is -2.16. The first kappa shape index (κ1) is 42.0. The largest absolute Gasteiger partial charge is 0.465 e. The molecule has 0 saturated heterocycles. The average Bonchev–Trinajstić information content (AvgIpc) is 3.50. The van der Waals surface area contributed by atoms with E-state index in [-0.39, 0.29) is 37.4 Å². The van der Waals surface area contributed by atoms with Crippen LogP contribution in [0.3, 0.4) is 0 Å². The highest BCUT2D eigenvalue weighted by atomic mass is 16.5. The minimum Gasteiger partial charge on any atom is -0.465 e. The molecule has 0 unspecified atom stereocenters. The number of fused-ring (bicyclic) bond motifs is 1. The van der Waals surface area contributed by atoms with Gasteiger partial charge in [0.2, 0.25) is 17.8 Å². The Hall–Kier alpha value is -5.13. The molecule has 2 heterocycles. The number of esters is 2. The summed E-state index contributed by atoms with van der Waals surface area (Å²) in [5, 5.41) is 5.36. The summed E-state index contributed by atoms with van der Waals surface area (Å²) in [5.41, 5.74) is 1.02. The molecule has 0 spiro atoms. The molecule has 0 aliphatic carbocycles. The molecule has 0 saturated carbocycles. The highest BCUT2D eigenvalue weighted by molar-refractivity contribution is 5.96. The quantitative estimate of drug-likeness (QED) is 0.0880. The van der Waals surface area contributed by atoms with Crippen LogP contribution in [0.25, 0.3) is 11.2 Å². The molecule has 0 bridgehead atoms. The van der Waals surface area contributed by atoms with Crippen LogP contribution >= 0.6 is 0 Å². The van der Waals surface area contributed by atoms with E-state index < -0.39 is 23.9 Å². The van der Waals surface area contributed by atoms with Crippen LogP contribution in [0.1, 0.15) is 85.5 Å². The van der Waals surface area contributed by atoms with Gasteiger partial charge in [0.1, 0.15) is 11.6 Å².